The van der Waals surface area contributed by atoms with Crippen molar-refractivity contribution >= 4 is 39.2 Å². The third-order valence-corrected chi connectivity index (χ3v) is 7.17. The second kappa shape index (κ2) is 8.67. The second-order valence-corrected chi connectivity index (χ2v) is 9.25. The van der Waals surface area contributed by atoms with Gasteiger partial charge < -0.3 is 14.9 Å². The lowest BCUT2D eigenvalue weighted by Gasteiger charge is -2.31. The van der Waals surface area contributed by atoms with Gasteiger partial charge in [0.05, 0.1) is 23.2 Å². The van der Waals surface area contributed by atoms with Crippen molar-refractivity contribution in [3.8, 4) is 0 Å². The first kappa shape index (κ1) is 21.2. The van der Waals surface area contributed by atoms with Crippen LogP contribution in [-0.4, -0.2) is 51.9 Å². The fraction of sp³-hybridized carbons (Fsp3) is 0.417. The maximum absolute atomic E-state index is 13.4. The summed E-state index contributed by atoms with van der Waals surface area (Å²) in [6.45, 7) is 3.82. The van der Waals surface area contributed by atoms with Gasteiger partial charge in [-0.25, -0.2) is 14.4 Å². The zero-order chi connectivity index (χ0) is 22.2. The van der Waals surface area contributed by atoms with Crippen molar-refractivity contribution in [1.82, 2.24) is 14.4 Å². The van der Waals surface area contributed by atoms with Gasteiger partial charge >= 0.3 is 0 Å². The minimum absolute atomic E-state index is 0.194. The van der Waals surface area contributed by atoms with Crippen LogP contribution in [0.1, 0.15) is 37.6 Å². The van der Waals surface area contributed by atoms with Gasteiger partial charge in [-0.05, 0) is 43.0 Å². The molecule has 1 unspecified atom stereocenters. The highest BCUT2D eigenvalue weighted by Gasteiger charge is 2.22. The van der Waals surface area contributed by atoms with E-state index in [1.54, 1.807) is 17.4 Å². The number of fused-ring (bicyclic) bond motifs is 1. The summed E-state index contributed by atoms with van der Waals surface area (Å²) in [5.74, 6) is 1.01. The first-order valence-corrected chi connectivity index (χ1v) is 12.1. The van der Waals surface area contributed by atoms with Gasteiger partial charge in [0.15, 0.2) is 5.13 Å². The van der Waals surface area contributed by atoms with Gasteiger partial charge in [-0.1, -0.05) is 19.1 Å². The summed E-state index contributed by atoms with van der Waals surface area (Å²) in [5.41, 5.74) is 4.91. The molecular weight excluding hydrogens is 425 g/mol. The van der Waals surface area contributed by atoms with Gasteiger partial charge in [0.2, 0.25) is 0 Å². The van der Waals surface area contributed by atoms with Crippen LogP contribution in [0, 0.1) is 0 Å². The van der Waals surface area contributed by atoms with E-state index >= 15 is 0 Å². The van der Waals surface area contributed by atoms with Crippen molar-refractivity contribution in [3.63, 3.8) is 0 Å². The number of hydrogen-bond donors (Lipinski definition) is 1. The summed E-state index contributed by atoms with van der Waals surface area (Å²) in [6, 6.07) is 4.18. The molecule has 6 nitrogen and oxygen atoms in total. The average molecular weight is 454 g/mol. The van der Waals surface area contributed by atoms with E-state index in [1.807, 2.05) is 24.6 Å². The summed E-state index contributed by atoms with van der Waals surface area (Å²) >= 11 is 1.58. The molecule has 0 bridgehead atoms. The minimum atomic E-state index is -0.901. The highest BCUT2D eigenvalue weighted by molar-refractivity contribution is 7.13. The number of aliphatic hydroxyl groups excluding tert-OH is 1. The Balaban J connectivity index is 1.48. The lowest BCUT2D eigenvalue weighted by molar-refractivity contribution is 0.145. The monoisotopic (exact) mass is 453 g/mol. The molecule has 8 heteroatoms. The van der Waals surface area contributed by atoms with E-state index in [0.717, 1.165) is 71.6 Å². The van der Waals surface area contributed by atoms with Crippen LogP contribution < -0.4 is 9.80 Å². The number of nitrogens with zero attached hydrogens (tertiary/aromatic N) is 5. The zero-order valence-corrected chi connectivity index (χ0v) is 19.2. The molecule has 1 N–H and O–H groups in total. The van der Waals surface area contributed by atoms with E-state index < -0.39 is 6.17 Å². The fourth-order valence-corrected chi connectivity index (χ4v) is 5.20. The van der Waals surface area contributed by atoms with Crippen molar-refractivity contribution in [3.05, 3.63) is 53.3 Å². The zero-order valence-electron chi connectivity index (χ0n) is 18.4. The molecule has 168 valence electrons. The smallest absolute Gasteiger partial charge is 0.191 e. The van der Waals surface area contributed by atoms with Gasteiger partial charge in [-0.15, -0.1) is 11.3 Å². The molecule has 32 heavy (non-hydrogen) atoms. The van der Waals surface area contributed by atoms with Gasteiger partial charge in [-0.2, -0.15) is 0 Å². The Morgan fingerprint density at radius 1 is 1.25 bits per heavy atom. The number of allylic oxidation sites excluding steroid dienone is 4. The lowest BCUT2D eigenvalue weighted by atomic mass is 10.0. The quantitative estimate of drug-likeness (QED) is 0.603. The second-order valence-electron chi connectivity index (χ2n) is 8.41. The molecule has 3 aromatic rings. The molecule has 1 aliphatic carbocycles. The lowest BCUT2D eigenvalue weighted by Crippen LogP contribution is -2.35. The number of aliphatic hydroxyl groups is 1. The number of alkyl halides is 1. The highest BCUT2D eigenvalue weighted by atomic mass is 32.1. The number of hydrogen-bond acceptors (Lipinski definition) is 6. The Labute approximate surface area is 191 Å². The molecule has 1 aliphatic heterocycles. The van der Waals surface area contributed by atoms with Gasteiger partial charge in [0.1, 0.15) is 17.6 Å². The van der Waals surface area contributed by atoms with E-state index in [-0.39, 0.29) is 6.10 Å². The molecule has 0 saturated carbocycles. The number of imidazole rings is 1. The fourth-order valence-electron chi connectivity index (χ4n) is 4.40. The first-order valence-electron chi connectivity index (χ1n) is 11.2. The molecule has 0 radical (unpaired) electrons. The van der Waals surface area contributed by atoms with E-state index in [0.29, 0.717) is 6.42 Å². The van der Waals surface area contributed by atoms with E-state index in [2.05, 4.69) is 39.5 Å². The topological polar surface area (TPSA) is 56.9 Å². The minimum Gasteiger partial charge on any atom is -0.393 e. The first-order chi connectivity index (χ1) is 15.5. The molecule has 2 aliphatic rings. The van der Waals surface area contributed by atoms with Crippen LogP contribution in [-0.2, 0) is 6.42 Å². The van der Waals surface area contributed by atoms with E-state index in [4.69, 9.17) is 9.97 Å². The normalized spacial score (nSPS) is 19.6. The van der Waals surface area contributed by atoms with Crippen LogP contribution >= 0.6 is 11.3 Å². The van der Waals surface area contributed by atoms with Gasteiger partial charge in [-0.3, -0.25) is 4.40 Å². The summed E-state index contributed by atoms with van der Waals surface area (Å²) in [4.78, 5) is 14.1. The van der Waals surface area contributed by atoms with Crippen LogP contribution in [0.4, 0.5) is 21.0 Å². The SMILES string of the molecule is CCc1nc2ccc(N3CCC(O)CC3)cn2c1N(C)c1nc(C2=CCC(F)C=C2)cs1. The number of thiazole rings is 1. The van der Waals surface area contributed by atoms with Crippen molar-refractivity contribution in [2.24, 2.45) is 0 Å². The molecule has 1 atom stereocenters. The van der Waals surface area contributed by atoms with Crippen molar-refractivity contribution < 1.29 is 9.50 Å². The molecule has 5 rings (SSSR count). The summed E-state index contributed by atoms with van der Waals surface area (Å²) in [6.07, 6.45) is 9.19. The third-order valence-electron chi connectivity index (χ3n) is 6.25. The number of pyridine rings is 1. The van der Waals surface area contributed by atoms with Crippen LogP contribution in [0.15, 0.2) is 41.9 Å². The average Bonchev–Trinajstić information content (AvgIpc) is 3.44. The summed E-state index contributed by atoms with van der Waals surface area (Å²) in [7, 11) is 2.03. The summed E-state index contributed by atoms with van der Waals surface area (Å²) in [5, 5.41) is 12.8. The number of rotatable bonds is 5. The van der Waals surface area contributed by atoms with Crippen LogP contribution in [0.25, 0.3) is 11.2 Å². The maximum Gasteiger partial charge on any atom is 0.191 e. The molecule has 0 spiro atoms. The number of halogens is 1. The molecule has 1 saturated heterocycles. The Morgan fingerprint density at radius 2 is 2.06 bits per heavy atom. The summed E-state index contributed by atoms with van der Waals surface area (Å²) < 4.78 is 15.6. The van der Waals surface area contributed by atoms with Crippen molar-refractivity contribution in [2.45, 2.75) is 44.9 Å². The highest BCUT2D eigenvalue weighted by Crippen LogP contribution is 2.34. The van der Waals surface area contributed by atoms with Gasteiger partial charge in [0.25, 0.3) is 0 Å². The molecule has 0 amide bonds. The van der Waals surface area contributed by atoms with E-state index in [9.17, 15) is 9.50 Å². The number of aryl methyl sites for hydroxylation is 1. The van der Waals surface area contributed by atoms with Gasteiger partial charge in [0, 0.05) is 38.1 Å². The number of anilines is 3. The number of piperidine rings is 1. The largest absolute Gasteiger partial charge is 0.393 e. The Bertz CT molecular complexity index is 1170. The molecule has 3 aromatic heterocycles. The Hall–Kier alpha value is -2.71. The molecule has 4 heterocycles. The molecular formula is C24H28FN5OS. The van der Waals surface area contributed by atoms with Crippen molar-refractivity contribution in [1.29, 1.82) is 0 Å². The molecule has 1 fully saturated rings. The van der Waals surface area contributed by atoms with E-state index in [1.165, 1.54) is 0 Å². The number of aromatic nitrogens is 3. The standard InChI is InChI=1S/C24H28FN5OS/c1-3-20-23(28(2)24-27-21(15-32-24)16-4-6-17(25)7-5-16)30-14-18(8-9-22(30)26-20)29-12-10-19(31)11-13-29/h4-6,8-9,14-15,17,19,31H,3,7,10-13H2,1-2H3. The predicted octanol–water partition coefficient (Wildman–Crippen LogP) is 4.76. The van der Waals surface area contributed by atoms with Crippen LogP contribution in [0.3, 0.4) is 0 Å². The predicted molar refractivity (Wildman–Crippen MR) is 129 cm³/mol. The third kappa shape index (κ3) is 3.93. The van der Waals surface area contributed by atoms with Crippen molar-refractivity contribution in [2.75, 3.05) is 29.9 Å². The van der Waals surface area contributed by atoms with Crippen LogP contribution in [0.2, 0.25) is 0 Å². The van der Waals surface area contributed by atoms with Crippen LogP contribution in [0.5, 0.6) is 0 Å². The maximum atomic E-state index is 13.4. The molecule has 0 aromatic carbocycles. The Kier molecular flexibility index (Phi) is 5.73. The Morgan fingerprint density at radius 3 is 2.78 bits per heavy atom.